The molecule has 0 atom stereocenters. The molecule has 2 aromatic rings. The van der Waals surface area contributed by atoms with Crippen molar-refractivity contribution < 1.29 is 14.3 Å². The second kappa shape index (κ2) is 8.99. The Morgan fingerprint density at radius 2 is 1.88 bits per heavy atom. The second-order valence-electron chi connectivity index (χ2n) is 4.71. The van der Waals surface area contributed by atoms with Crippen molar-refractivity contribution in [3.8, 4) is 5.75 Å². The van der Waals surface area contributed by atoms with Crippen LogP contribution in [0.1, 0.15) is 33.4 Å². The summed E-state index contributed by atoms with van der Waals surface area (Å²) in [5.74, 6) is 0.0104. The van der Waals surface area contributed by atoms with Crippen molar-refractivity contribution in [2.45, 2.75) is 13.3 Å². The lowest BCUT2D eigenvalue weighted by Gasteiger charge is -2.10. The first-order chi connectivity index (χ1) is 11.6. The van der Waals surface area contributed by atoms with Crippen molar-refractivity contribution in [3.63, 3.8) is 0 Å². The van der Waals surface area contributed by atoms with Crippen LogP contribution in [-0.2, 0) is 0 Å². The standard InChI is InChI=1S/C16H17N3O3S2/c1-2-9-22-12-7-5-11(6-8-12)14(20)17-16(23)19-18-15(21)13-4-3-10-24-13/h3-8,10H,2,9H2,1H3,(H,18,21)(H2,17,19,20,23). The summed E-state index contributed by atoms with van der Waals surface area (Å²) in [7, 11) is 0. The third kappa shape index (κ3) is 5.32. The molecule has 24 heavy (non-hydrogen) atoms. The molecule has 2 amide bonds. The fraction of sp³-hybridized carbons (Fsp3) is 0.188. The third-order valence-electron chi connectivity index (χ3n) is 2.85. The van der Waals surface area contributed by atoms with E-state index in [0.29, 0.717) is 22.8 Å². The Morgan fingerprint density at radius 1 is 1.12 bits per heavy atom. The van der Waals surface area contributed by atoms with Gasteiger partial charge in [-0.1, -0.05) is 13.0 Å². The minimum Gasteiger partial charge on any atom is -0.494 e. The number of thiocarbonyl (C=S) groups is 1. The number of hydrogen-bond donors (Lipinski definition) is 3. The predicted octanol–water partition coefficient (Wildman–Crippen LogP) is 2.49. The average molecular weight is 363 g/mol. The van der Waals surface area contributed by atoms with E-state index in [0.717, 1.165) is 6.42 Å². The highest BCUT2D eigenvalue weighted by molar-refractivity contribution is 7.80. The van der Waals surface area contributed by atoms with Crippen molar-refractivity contribution in [2.75, 3.05) is 6.61 Å². The van der Waals surface area contributed by atoms with Crippen LogP contribution in [0.3, 0.4) is 0 Å². The van der Waals surface area contributed by atoms with Crippen molar-refractivity contribution in [1.82, 2.24) is 16.2 Å². The molecular formula is C16H17N3O3S2. The number of amides is 2. The largest absolute Gasteiger partial charge is 0.494 e. The molecular weight excluding hydrogens is 346 g/mol. The van der Waals surface area contributed by atoms with E-state index < -0.39 is 0 Å². The molecule has 0 fully saturated rings. The first-order valence-corrected chi connectivity index (χ1v) is 8.57. The lowest BCUT2D eigenvalue weighted by Crippen LogP contribution is -2.48. The Labute approximate surface area is 149 Å². The maximum absolute atomic E-state index is 12.1. The van der Waals surface area contributed by atoms with E-state index >= 15 is 0 Å². The molecule has 8 heteroatoms. The molecule has 0 aliphatic carbocycles. The molecule has 0 spiro atoms. The number of hydrogen-bond acceptors (Lipinski definition) is 5. The van der Waals surface area contributed by atoms with Gasteiger partial charge in [-0.05, 0) is 54.4 Å². The predicted molar refractivity (Wildman–Crippen MR) is 97.2 cm³/mol. The van der Waals surface area contributed by atoms with Crippen LogP contribution in [0.4, 0.5) is 0 Å². The highest BCUT2D eigenvalue weighted by Gasteiger charge is 2.10. The minimum atomic E-state index is -0.375. The van der Waals surface area contributed by atoms with E-state index in [1.165, 1.54) is 11.3 Å². The maximum Gasteiger partial charge on any atom is 0.279 e. The van der Waals surface area contributed by atoms with Gasteiger partial charge in [0, 0.05) is 5.56 Å². The summed E-state index contributed by atoms with van der Waals surface area (Å²) in [6.45, 7) is 2.65. The molecule has 1 aromatic carbocycles. The third-order valence-corrected chi connectivity index (χ3v) is 3.92. The summed E-state index contributed by atoms with van der Waals surface area (Å²) in [4.78, 5) is 24.3. The van der Waals surface area contributed by atoms with Crippen molar-refractivity contribution in [1.29, 1.82) is 0 Å². The second-order valence-corrected chi connectivity index (χ2v) is 6.07. The monoisotopic (exact) mass is 363 g/mol. The van der Waals surface area contributed by atoms with Crippen LogP contribution in [-0.4, -0.2) is 23.5 Å². The fourth-order valence-electron chi connectivity index (χ4n) is 1.71. The van der Waals surface area contributed by atoms with Gasteiger partial charge >= 0.3 is 0 Å². The molecule has 2 rings (SSSR count). The lowest BCUT2D eigenvalue weighted by atomic mass is 10.2. The van der Waals surface area contributed by atoms with Crippen LogP contribution >= 0.6 is 23.6 Å². The molecule has 1 heterocycles. The topological polar surface area (TPSA) is 79.5 Å². The van der Waals surface area contributed by atoms with Crippen molar-refractivity contribution >= 4 is 40.5 Å². The van der Waals surface area contributed by atoms with E-state index in [1.807, 2.05) is 6.92 Å². The van der Waals surface area contributed by atoms with Crippen LogP contribution in [0.15, 0.2) is 41.8 Å². The molecule has 126 valence electrons. The van der Waals surface area contributed by atoms with Gasteiger partial charge in [0.15, 0.2) is 5.11 Å². The van der Waals surface area contributed by atoms with Gasteiger partial charge in [0.1, 0.15) is 5.75 Å². The SMILES string of the molecule is CCCOc1ccc(C(=O)NC(=S)NNC(=O)c2cccs2)cc1. The van der Waals surface area contributed by atoms with Gasteiger partial charge in [0.05, 0.1) is 11.5 Å². The van der Waals surface area contributed by atoms with E-state index in [1.54, 1.807) is 41.8 Å². The molecule has 0 bridgehead atoms. The molecule has 0 aliphatic rings. The first-order valence-electron chi connectivity index (χ1n) is 7.28. The Balaban J connectivity index is 1.80. The molecule has 0 radical (unpaired) electrons. The van der Waals surface area contributed by atoms with Crippen LogP contribution < -0.4 is 20.9 Å². The van der Waals surface area contributed by atoms with Crippen LogP contribution in [0.25, 0.3) is 0 Å². The summed E-state index contributed by atoms with van der Waals surface area (Å²) in [6, 6.07) is 10.2. The lowest BCUT2D eigenvalue weighted by molar-refractivity contribution is 0.0938. The average Bonchev–Trinajstić information content (AvgIpc) is 3.13. The number of thiophene rings is 1. The number of benzene rings is 1. The molecule has 0 unspecified atom stereocenters. The molecule has 0 saturated heterocycles. The highest BCUT2D eigenvalue weighted by atomic mass is 32.1. The number of nitrogens with one attached hydrogen (secondary N) is 3. The van der Waals surface area contributed by atoms with E-state index in [-0.39, 0.29) is 16.9 Å². The summed E-state index contributed by atoms with van der Waals surface area (Å²) in [5, 5.41) is 4.29. The quantitative estimate of drug-likeness (QED) is 0.562. The van der Waals surface area contributed by atoms with Crippen LogP contribution in [0.2, 0.25) is 0 Å². The highest BCUT2D eigenvalue weighted by Crippen LogP contribution is 2.12. The minimum absolute atomic E-state index is 0.0104. The molecule has 1 aromatic heterocycles. The summed E-state index contributed by atoms with van der Waals surface area (Å²) in [6.07, 6.45) is 0.916. The zero-order valence-electron chi connectivity index (χ0n) is 13.0. The van der Waals surface area contributed by atoms with Gasteiger partial charge in [0.25, 0.3) is 11.8 Å². The van der Waals surface area contributed by atoms with Gasteiger partial charge in [-0.25, -0.2) is 0 Å². The summed E-state index contributed by atoms with van der Waals surface area (Å²) < 4.78 is 5.45. The normalized spacial score (nSPS) is 9.88. The van der Waals surface area contributed by atoms with E-state index in [4.69, 9.17) is 17.0 Å². The van der Waals surface area contributed by atoms with Gasteiger partial charge in [-0.2, -0.15) is 0 Å². The number of rotatable bonds is 5. The van der Waals surface area contributed by atoms with E-state index in [2.05, 4.69) is 16.2 Å². The molecule has 6 nitrogen and oxygen atoms in total. The Kier molecular flexibility index (Phi) is 6.71. The van der Waals surface area contributed by atoms with E-state index in [9.17, 15) is 9.59 Å². The number of ether oxygens (including phenoxy) is 1. The summed E-state index contributed by atoms with van der Waals surface area (Å²) in [5.41, 5.74) is 5.35. The fourth-order valence-corrected chi connectivity index (χ4v) is 2.47. The Bertz CT molecular complexity index is 700. The number of carbonyl (C=O) groups excluding carboxylic acids is 2. The van der Waals surface area contributed by atoms with Crippen molar-refractivity contribution in [3.05, 3.63) is 52.2 Å². The van der Waals surface area contributed by atoms with Crippen molar-refractivity contribution in [2.24, 2.45) is 0 Å². The maximum atomic E-state index is 12.1. The number of hydrazine groups is 1. The van der Waals surface area contributed by atoms with Gasteiger partial charge in [-0.3, -0.25) is 25.8 Å². The Morgan fingerprint density at radius 3 is 2.50 bits per heavy atom. The molecule has 0 aliphatic heterocycles. The van der Waals surface area contributed by atoms with Gasteiger partial charge in [0.2, 0.25) is 0 Å². The smallest absolute Gasteiger partial charge is 0.279 e. The van der Waals surface area contributed by atoms with Gasteiger partial charge < -0.3 is 4.74 Å². The number of carbonyl (C=O) groups is 2. The van der Waals surface area contributed by atoms with Crippen LogP contribution in [0, 0.1) is 0 Å². The molecule has 0 saturated carbocycles. The summed E-state index contributed by atoms with van der Waals surface area (Å²) >= 11 is 6.29. The first kappa shape index (κ1) is 17.9. The Hall–Kier alpha value is -2.45. The zero-order chi connectivity index (χ0) is 17.4. The van der Waals surface area contributed by atoms with Gasteiger partial charge in [-0.15, -0.1) is 11.3 Å². The van der Waals surface area contributed by atoms with Crippen LogP contribution in [0.5, 0.6) is 5.75 Å². The zero-order valence-corrected chi connectivity index (χ0v) is 14.6. The molecule has 3 N–H and O–H groups in total.